The molecule has 1 N–H and O–H groups in total. The van der Waals surface area contributed by atoms with Gasteiger partial charge in [0.25, 0.3) is 5.56 Å². The number of aromatic nitrogens is 1. The molecule has 0 atom stereocenters. The van der Waals surface area contributed by atoms with Gasteiger partial charge in [0.2, 0.25) is 0 Å². The van der Waals surface area contributed by atoms with Crippen molar-refractivity contribution in [3.05, 3.63) is 45.6 Å². The molecule has 0 saturated heterocycles. The first-order valence-electron chi connectivity index (χ1n) is 6.42. The largest absolute Gasteiger partial charge is 0.477 e. The fourth-order valence-electron chi connectivity index (χ4n) is 2.45. The van der Waals surface area contributed by atoms with Gasteiger partial charge in [-0.3, -0.25) is 9.36 Å². The minimum absolute atomic E-state index is 0.0475. The van der Waals surface area contributed by atoms with Crippen LogP contribution >= 0.6 is 11.3 Å². The first-order valence-corrected chi connectivity index (χ1v) is 7.23. The lowest BCUT2D eigenvalue weighted by molar-refractivity contribution is 0.0702. The van der Waals surface area contributed by atoms with Crippen LogP contribution in [0.2, 0.25) is 0 Å². The van der Waals surface area contributed by atoms with E-state index in [2.05, 4.69) is 0 Å². The Kier molecular flexibility index (Phi) is 3.06. The molecule has 0 fully saturated rings. The minimum atomic E-state index is -0.953. The number of pyridine rings is 1. The van der Waals surface area contributed by atoms with Crippen LogP contribution in [0, 0.1) is 0 Å². The van der Waals surface area contributed by atoms with Crippen LogP contribution in [0.1, 0.15) is 23.0 Å². The van der Waals surface area contributed by atoms with Gasteiger partial charge in [0.05, 0.1) is 0 Å². The van der Waals surface area contributed by atoms with Crippen LogP contribution in [0.3, 0.4) is 0 Å². The Morgan fingerprint density at radius 2 is 1.95 bits per heavy atom. The normalized spacial score (nSPS) is 11.2. The van der Waals surface area contributed by atoms with Crippen molar-refractivity contribution in [2.45, 2.75) is 19.9 Å². The molecule has 4 nitrogen and oxygen atoms in total. The molecular weight excluding hydrogens is 274 g/mol. The van der Waals surface area contributed by atoms with Crippen molar-refractivity contribution in [3.63, 3.8) is 0 Å². The second-order valence-corrected chi connectivity index (χ2v) is 5.67. The zero-order valence-corrected chi connectivity index (χ0v) is 11.7. The lowest BCUT2D eigenvalue weighted by atomic mass is 10.1. The molecule has 0 unspecified atom stereocenters. The van der Waals surface area contributed by atoms with Crippen molar-refractivity contribution >= 4 is 38.3 Å². The topological polar surface area (TPSA) is 59.3 Å². The van der Waals surface area contributed by atoms with Crippen LogP contribution in [0.15, 0.2) is 35.1 Å². The summed E-state index contributed by atoms with van der Waals surface area (Å²) in [5, 5.41) is 11.5. The van der Waals surface area contributed by atoms with Crippen LogP contribution in [-0.4, -0.2) is 15.6 Å². The molecule has 1 aromatic carbocycles. The Labute approximate surface area is 118 Å². The zero-order chi connectivity index (χ0) is 14.3. The smallest absolute Gasteiger partial charge is 0.345 e. The van der Waals surface area contributed by atoms with Crippen molar-refractivity contribution in [2.24, 2.45) is 0 Å². The van der Waals surface area contributed by atoms with E-state index in [1.165, 1.54) is 0 Å². The lowest BCUT2D eigenvalue weighted by Gasteiger charge is -2.08. The van der Waals surface area contributed by atoms with Crippen LogP contribution in [0.25, 0.3) is 21.0 Å². The number of thiophene rings is 1. The van der Waals surface area contributed by atoms with E-state index in [9.17, 15) is 14.7 Å². The van der Waals surface area contributed by atoms with Gasteiger partial charge in [-0.1, -0.05) is 25.1 Å². The number of aromatic carboxylic acids is 1. The molecule has 3 rings (SSSR count). The second-order valence-electron chi connectivity index (χ2n) is 4.64. The first-order chi connectivity index (χ1) is 9.63. The van der Waals surface area contributed by atoms with E-state index >= 15 is 0 Å². The van der Waals surface area contributed by atoms with Crippen LogP contribution < -0.4 is 5.56 Å². The summed E-state index contributed by atoms with van der Waals surface area (Å²) < 4.78 is 1.69. The van der Waals surface area contributed by atoms with Gasteiger partial charge in [-0.05, 0) is 23.9 Å². The van der Waals surface area contributed by atoms with E-state index in [0.29, 0.717) is 11.9 Å². The Morgan fingerprint density at radius 1 is 1.25 bits per heavy atom. The summed E-state index contributed by atoms with van der Waals surface area (Å²) in [6.07, 6.45) is 0.827. The lowest BCUT2D eigenvalue weighted by Crippen LogP contribution is -2.19. The summed E-state index contributed by atoms with van der Waals surface area (Å²) in [7, 11) is 0. The number of carboxylic acid groups (broad SMARTS) is 1. The number of benzene rings is 1. The average molecular weight is 287 g/mol. The standard InChI is InChI=1S/C15H13NO3S/c1-2-7-16-13(17)10-6-4-3-5-9(10)11-8-12(15(18)19)20-14(11)16/h3-6,8H,2,7H2,1H3,(H,18,19). The summed E-state index contributed by atoms with van der Waals surface area (Å²) in [5.41, 5.74) is -0.0475. The number of carboxylic acids is 1. The van der Waals surface area contributed by atoms with Crippen LogP contribution in [-0.2, 0) is 6.54 Å². The summed E-state index contributed by atoms with van der Waals surface area (Å²) >= 11 is 1.16. The van der Waals surface area contributed by atoms with Crippen LogP contribution in [0.5, 0.6) is 0 Å². The quantitative estimate of drug-likeness (QED) is 0.804. The van der Waals surface area contributed by atoms with Crippen molar-refractivity contribution < 1.29 is 9.90 Å². The van der Waals surface area contributed by atoms with E-state index in [1.807, 2.05) is 25.1 Å². The highest BCUT2D eigenvalue weighted by atomic mass is 32.1. The molecular formula is C15H13NO3S. The monoisotopic (exact) mass is 287 g/mol. The van der Waals surface area contributed by atoms with Gasteiger partial charge in [-0.2, -0.15) is 0 Å². The molecule has 0 radical (unpaired) electrons. The summed E-state index contributed by atoms with van der Waals surface area (Å²) in [6, 6.07) is 9.02. The fourth-order valence-corrected chi connectivity index (χ4v) is 3.48. The molecule has 3 aromatic rings. The third kappa shape index (κ3) is 1.82. The van der Waals surface area contributed by atoms with Gasteiger partial charge in [0.15, 0.2) is 0 Å². The highest BCUT2D eigenvalue weighted by Gasteiger charge is 2.16. The molecule has 0 amide bonds. The third-order valence-electron chi connectivity index (χ3n) is 3.31. The summed E-state index contributed by atoms with van der Waals surface area (Å²) in [5.74, 6) is -0.953. The molecule has 102 valence electrons. The number of nitrogens with zero attached hydrogens (tertiary/aromatic N) is 1. The molecule has 2 aromatic heterocycles. The van der Waals surface area contributed by atoms with E-state index < -0.39 is 5.97 Å². The van der Waals surface area contributed by atoms with Gasteiger partial charge < -0.3 is 5.11 Å². The van der Waals surface area contributed by atoms with Gasteiger partial charge in [0, 0.05) is 17.3 Å². The summed E-state index contributed by atoms with van der Waals surface area (Å²) in [6.45, 7) is 2.60. The van der Waals surface area contributed by atoms with Gasteiger partial charge >= 0.3 is 5.97 Å². The Balaban J connectivity index is 2.52. The van der Waals surface area contributed by atoms with Gasteiger partial charge in [-0.15, -0.1) is 11.3 Å². The molecule has 0 aliphatic rings. The predicted octanol–water partition coefficient (Wildman–Crippen LogP) is 3.32. The van der Waals surface area contributed by atoms with Crippen LogP contribution in [0.4, 0.5) is 0 Å². The molecule has 0 saturated carbocycles. The molecule has 0 aliphatic carbocycles. The van der Waals surface area contributed by atoms with Gasteiger partial charge in [-0.25, -0.2) is 4.79 Å². The molecule has 2 heterocycles. The maximum atomic E-state index is 12.5. The first kappa shape index (κ1) is 12.9. The number of fused-ring (bicyclic) bond motifs is 3. The fraction of sp³-hybridized carbons (Fsp3) is 0.200. The molecule has 20 heavy (non-hydrogen) atoms. The number of aryl methyl sites for hydroxylation is 1. The Hall–Kier alpha value is -2.14. The maximum absolute atomic E-state index is 12.5. The van der Waals surface area contributed by atoms with E-state index in [-0.39, 0.29) is 10.4 Å². The Morgan fingerprint density at radius 3 is 2.60 bits per heavy atom. The van der Waals surface area contributed by atoms with Crippen molar-refractivity contribution in [3.8, 4) is 0 Å². The number of carbonyl (C=O) groups is 1. The van der Waals surface area contributed by atoms with Crippen molar-refractivity contribution in [1.82, 2.24) is 4.57 Å². The van der Waals surface area contributed by atoms with Crippen molar-refractivity contribution in [2.75, 3.05) is 0 Å². The predicted molar refractivity (Wildman–Crippen MR) is 80.8 cm³/mol. The highest BCUT2D eigenvalue weighted by molar-refractivity contribution is 7.20. The van der Waals surface area contributed by atoms with Crippen molar-refractivity contribution in [1.29, 1.82) is 0 Å². The maximum Gasteiger partial charge on any atom is 0.345 e. The number of rotatable bonds is 3. The molecule has 0 aliphatic heterocycles. The average Bonchev–Trinajstić information content (AvgIpc) is 2.89. The zero-order valence-electron chi connectivity index (χ0n) is 10.9. The molecule has 5 heteroatoms. The van der Waals surface area contributed by atoms with E-state index in [4.69, 9.17) is 0 Å². The number of hydrogen-bond donors (Lipinski definition) is 1. The summed E-state index contributed by atoms with van der Waals surface area (Å²) in [4.78, 5) is 24.7. The molecule has 0 bridgehead atoms. The Bertz CT molecular complexity index is 876. The minimum Gasteiger partial charge on any atom is -0.477 e. The van der Waals surface area contributed by atoms with E-state index in [0.717, 1.165) is 33.4 Å². The second kappa shape index (κ2) is 4.76. The van der Waals surface area contributed by atoms with E-state index in [1.54, 1.807) is 16.7 Å². The third-order valence-corrected chi connectivity index (χ3v) is 4.45. The number of hydrogen-bond acceptors (Lipinski definition) is 3. The SMILES string of the molecule is CCCn1c(=O)c2ccccc2c2cc(C(=O)O)sc21. The molecule has 0 spiro atoms. The highest BCUT2D eigenvalue weighted by Crippen LogP contribution is 2.30. The van der Waals surface area contributed by atoms with Gasteiger partial charge in [0.1, 0.15) is 9.71 Å².